The molecule has 3 amide bonds. The Balaban J connectivity index is 1.18. The minimum absolute atomic E-state index is 0.00558. The van der Waals surface area contributed by atoms with E-state index in [1.807, 2.05) is 59.2 Å². The third kappa shape index (κ3) is 4.26. The number of carbonyl (C=O) groups excluding carboxylic acids is 3. The first-order valence-electron chi connectivity index (χ1n) is 12.1. The van der Waals surface area contributed by atoms with Crippen molar-refractivity contribution in [2.24, 2.45) is 11.8 Å². The molecule has 0 aromatic heterocycles. The highest BCUT2D eigenvalue weighted by molar-refractivity contribution is 6.00. The van der Waals surface area contributed by atoms with Crippen molar-refractivity contribution in [1.82, 2.24) is 4.90 Å². The Morgan fingerprint density at radius 1 is 0.879 bits per heavy atom. The number of piperidine rings is 1. The van der Waals surface area contributed by atoms with Crippen molar-refractivity contribution in [1.29, 1.82) is 0 Å². The lowest BCUT2D eigenvalue weighted by Crippen LogP contribution is -2.47. The number of hydrogen-bond donors (Lipinski definition) is 0. The van der Waals surface area contributed by atoms with Gasteiger partial charge in [-0.3, -0.25) is 14.4 Å². The summed E-state index contributed by atoms with van der Waals surface area (Å²) >= 11 is 0. The van der Waals surface area contributed by atoms with Crippen molar-refractivity contribution in [3.8, 4) is 0 Å². The molecule has 6 nitrogen and oxygen atoms in total. The van der Waals surface area contributed by atoms with Crippen LogP contribution < -0.4 is 9.80 Å². The zero-order valence-electron chi connectivity index (χ0n) is 19.2. The lowest BCUT2D eigenvalue weighted by atomic mass is 9.92. The summed E-state index contributed by atoms with van der Waals surface area (Å²) in [4.78, 5) is 44.6. The topological polar surface area (TPSA) is 60.9 Å². The van der Waals surface area contributed by atoms with Crippen molar-refractivity contribution >= 4 is 29.1 Å². The molecular weight excluding hydrogens is 414 g/mol. The lowest BCUT2D eigenvalue weighted by molar-refractivity contribution is -0.138. The Hall–Kier alpha value is -3.15. The summed E-state index contributed by atoms with van der Waals surface area (Å²) in [6, 6.07) is 16.0. The minimum atomic E-state index is -0.306. The Morgan fingerprint density at radius 2 is 1.61 bits per heavy atom. The van der Waals surface area contributed by atoms with Crippen LogP contribution in [-0.4, -0.2) is 48.8 Å². The third-order valence-electron chi connectivity index (χ3n) is 7.35. The second-order valence-corrected chi connectivity index (χ2v) is 9.56. The van der Waals surface area contributed by atoms with Gasteiger partial charge in [-0.2, -0.15) is 0 Å². The Labute approximate surface area is 195 Å². The summed E-state index contributed by atoms with van der Waals surface area (Å²) in [6.07, 6.45) is 3.65. The molecule has 1 unspecified atom stereocenters. The van der Waals surface area contributed by atoms with Crippen LogP contribution in [0.15, 0.2) is 48.5 Å². The van der Waals surface area contributed by atoms with Crippen LogP contribution in [0, 0.1) is 18.8 Å². The molecule has 3 heterocycles. The van der Waals surface area contributed by atoms with E-state index in [4.69, 9.17) is 0 Å². The van der Waals surface area contributed by atoms with E-state index in [0.717, 1.165) is 36.3 Å². The summed E-state index contributed by atoms with van der Waals surface area (Å²) in [5.74, 6) is -0.108. The molecule has 2 fully saturated rings. The van der Waals surface area contributed by atoms with Crippen LogP contribution in [0.2, 0.25) is 0 Å². The van der Waals surface area contributed by atoms with Crippen molar-refractivity contribution in [2.75, 3.05) is 36.0 Å². The van der Waals surface area contributed by atoms with E-state index >= 15 is 0 Å². The molecule has 2 saturated heterocycles. The molecule has 3 aliphatic heterocycles. The van der Waals surface area contributed by atoms with Crippen LogP contribution >= 0.6 is 0 Å². The molecule has 0 N–H and O–H groups in total. The molecule has 2 aromatic carbocycles. The number of rotatable bonds is 3. The van der Waals surface area contributed by atoms with E-state index in [9.17, 15) is 14.4 Å². The van der Waals surface area contributed by atoms with E-state index in [1.165, 1.54) is 5.56 Å². The maximum absolute atomic E-state index is 13.3. The summed E-state index contributed by atoms with van der Waals surface area (Å²) < 4.78 is 0. The van der Waals surface area contributed by atoms with E-state index in [-0.39, 0.29) is 36.0 Å². The van der Waals surface area contributed by atoms with Crippen molar-refractivity contribution in [2.45, 2.75) is 39.0 Å². The number of hydrogen-bond acceptors (Lipinski definition) is 3. The van der Waals surface area contributed by atoms with E-state index in [1.54, 1.807) is 4.90 Å². The minimum Gasteiger partial charge on any atom is -0.342 e. The molecule has 0 saturated carbocycles. The summed E-state index contributed by atoms with van der Waals surface area (Å²) in [5.41, 5.74) is 4.29. The fraction of sp³-hybridized carbons (Fsp3) is 0.444. The van der Waals surface area contributed by atoms with Crippen LogP contribution in [0.5, 0.6) is 0 Å². The molecule has 2 aromatic rings. The second-order valence-electron chi connectivity index (χ2n) is 9.56. The monoisotopic (exact) mass is 445 g/mol. The molecule has 0 bridgehead atoms. The first-order chi connectivity index (χ1) is 16.0. The molecule has 3 aliphatic rings. The Bertz CT molecular complexity index is 1060. The van der Waals surface area contributed by atoms with Gasteiger partial charge in [-0.05, 0) is 56.4 Å². The standard InChI is InChI=1S/C27H31N3O3/c1-19-8-10-23(11-9-19)30-18-22(17-25(30)31)26(32)28-15-12-21(13-16-28)27(33)29-14-4-6-20-5-2-3-7-24(20)29/h2-3,5,7-11,21-22H,4,6,12-18H2,1H3. The first kappa shape index (κ1) is 21.7. The fourth-order valence-corrected chi connectivity index (χ4v) is 5.44. The molecule has 6 heteroatoms. The number of benzene rings is 2. The van der Waals surface area contributed by atoms with Crippen molar-refractivity contribution in [3.63, 3.8) is 0 Å². The zero-order chi connectivity index (χ0) is 22.9. The highest BCUT2D eigenvalue weighted by Crippen LogP contribution is 2.32. The van der Waals surface area contributed by atoms with Gasteiger partial charge >= 0.3 is 0 Å². The number of likely N-dealkylation sites (tertiary alicyclic amines) is 1. The summed E-state index contributed by atoms with van der Waals surface area (Å²) in [5, 5.41) is 0. The molecule has 1 atom stereocenters. The van der Waals surface area contributed by atoms with Crippen molar-refractivity contribution < 1.29 is 14.4 Å². The number of para-hydroxylation sites is 1. The van der Waals surface area contributed by atoms with E-state index < -0.39 is 0 Å². The molecule has 0 spiro atoms. The summed E-state index contributed by atoms with van der Waals surface area (Å²) in [6.45, 7) is 4.39. The Kier molecular flexibility index (Phi) is 5.92. The molecule has 172 valence electrons. The van der Waals surface area contributed by atoms with Gasteiger partial charge in [-0.1, -0.05) is 35.9 Å². The normalized spacial score (nSPS) is 21.3. The average Bonchev–Trinajstić information content (AvgIpc) is 3.25. The lowest BCUT2D eigenvalue weighted by Gasteiger charge is -2.37. The predicted octanol–water partition coefficient (Wildman–Crippen LogP) is 3.57. The van der Waals surface area contributed by atoms with Gasteiger partial charge in [-0.25, -0.2) is 0 Å². The van der Waals surface area contributed by atoms with Gasteiger partial charge in [0.05, 0.1) is 5.92 Å². The van der Waals surface area contributed by atoms with Gasteiger partial charge in [0.15, 0.2) is 0 Å². The van der Waals surface area contributed by atoms with Gasteiger partial charge in [0, 0.05) is 49.9 Å². The van der Waals surface area contributed by atoms with Gasteiger partial charge < -0.3 is 14.7 Å². The van der Waals surface area contributed by atoms with Crippen molar-refractivity contribution in [3.05, 3.63) is 59.7 Å². The summed E-state index contributed by atoms with van der Waals surface area (Å²) in [7, 11) is 0. The average molecular weight is 446 g/mol. The zero-order valence-corrected chi connectivity index (χ0v) is 19.2. The largest absolute Gasteiger partial charge is 0.342 e. The first-order valence-corrected chi connectivity index (χ1v) is 12.1. The van der Waals surface area contributed by atoms with E-state index in [0.29, 0.717) is 32.5 Å². The SMILES string of the molecule is Cc1ccc(N2CC(C(=O)N3CCC(C(=O)N4CCCc5ccccc54)CC3)CC2=O)cc1. The highest BCUT2D eigenvalue weighted by Gasteiger charge is 2.39. The van der Waals surface area contributed by atoms with Crippen LogP contribution in [0.4, 0.5) is 11.4 Å². The maximum Gasteiger partial charge on any atom is 0.230 e. The second kappa shape index (κ2) is 9.00. The van der Waals surface area contributed by atoms with Crippen LogP contribution in [0.1, 0.15) is 36.8 Å². The number of aryl methyl sites for hydroxylation is 2. The quantitative estimate of drug-likeness (QED) is 0.726. The van der Waals surface area contributed by atoms with Crippen LogP contribution in [0.3, 0.4) is 0 Å². The fourth-order valence-electron chi connectivity index (χ4n) is 5.44. The number of fused-ring (bicyclic) bond motifs is 1. The van der Waals surface area contributed by atoms with Gasteiger partial charge in [-0.15, -0.1) is 0 Å². The molecule has 33 heavy (non-hydrogen) atoms. The molecule has 0 aliphatic carbocycles. The Morgan fingerprint density at radius 3 is 2.36 bits per heavy atom. The van der Waals surface area contributed by atoms with Gasteiger partial charge in [0.1, 0.15) is 0 Å². The third-order valence-corrected chi connectivity index (χ3v) is 7.35. The number of amides is 3. The van der Waals surface area contributed by atoms with E-state index in [2.05, 4.69) is 6.07 Å². The number of carbonyl (C=O) groups is 3. The highest BCUT2D eigenvalue weighted by atomic mass is 16.2. The van der Waals surface area contributed by atoms with Crippen LogP contribution in [-0.2, 0) is 20.8 Å². The van der Waals surface area contributed by atoms with Gasteiger partial charge in [0.2, 0.25) is 17.7 Å². The maximum atomic E-state index is 13.3. The molecule has 0 radical (unpaired) electrons. The molecule has 5 rings (SSSR count). The van der Waals surface area contributed by atoms with Gasteiger partial charge in [0.25, 0.3) is 0 Å². The van der Waals surface area contributed by atoms with Crippen LogP contribution in [0.25, 0.3) is 0 Å². The molecular formula is C27H31N3O3. The number of anilines is 2. The predicted molar refractivity (Wildman–Crippen MR) is 128 cm³/mol. The smallest absolute Gasteiger partial charge is 0.230 e. The number of nitrogens with zero attached hydrogens (tertiary/aromatic N) is 3.